The number of carbonyl (C=O) groups excluding carboxylic acids is 1. The van der Waals surface area contributed by atoms with E-state index in [1.165, 1.54) is 26.0 Å². The zero-order valence-electron chi connectivity index (χ0n) is 24.4. The number of anilines is 1. The molecular formula is C24H19Cl2N7Na2O9S2. The van der Waals surface area contributed by atoms with Gasteiger partial charge in [0.1, 0.15) is 25.7 Å². The molecule has 3 aromatic rings. The zero-order valence-corrected chi connectivity index (χ0v) is 31.6. The number of aryl methyl sites for hydroxylation is 2. The molecule has 1 amide bonds. The maximum absolute atomic E-state index is 13.1. The van der Waals surface area contributed by atoms with Crippen molar-refractivity contribution in [1.29, 1.82) is 0 Å². The molecule has 2 heterocycles. The predicted octanol–water partition coefficient (Wildman–Crippen LogP) is -3.63. The average Bonchev–Trinajstić information content (AvgIpc) is 3.21. The number of halogens is 2. The van der Waals surface area contributed by atoms with Crippen molar-refractivity contribution in [2.24, 2.45) is 20.3 Å². The Hall–Kier alpha value is -2.07. The molecule has 16 nitrogen and oxygen atoms in total. The van der Waals surface area contributed by atoms with Gasteiger partial charge in [-0.3, -0.25) is 19.1 Å². The third-order valence-electron chi connectivity index (χ3n) is 6.02. The SMILES string of the molecule is CC1=NN(c2ccc(S(=O)(=O)[O-])cc2C)C(=O)C1N=Nc1ccc(N=C([O-])CCn2ncc(Cl)c(Cl)c2=O)cc1S(=O)(=O)O.[Na+].[Na+]. The molecule has 232 valence electrons. The molecule has 1 atom stereocenters. The summed E-state index contributed by atoms with van der Waals surface area (Å²) < 4.78 is 68.7. The van der Waals surface area contributed by atoms with Gasteiger partial charge in [-0.2, -0.15) is 33.9 Å². The van der Waals surface area contributed by atoms with Crippen molar-refractivity contribution in [3.8, 4) is 0 Å². The molecule has 1 aromatic heterocycles. The Balaban J connectivity index is 0.00000368. The van der Waals surface area contributed by atoms with E-state index in [0.717, 1.165) is 40.2 Å². The fourth-order valence-electron chi connectivity index (χ4n) is 3.87. The van der Waals surface area contributed by atoms with Crippen molar-refractivity contribution in [2.75, 3.05) is 5.01 Å². The Kier molecular flexibility index (Phi) is 13.8. The molecule has 4 rings (SSSR count). The number of hydrogen-bond acceptors (Lipinski definition) is 13. The molecule has 0 spiro atoms. The Morgan fingerprint density at radius 3 is 2.35 bits per heavy atom. The summed E-state index contributed by atoms with van der Waals surface area (Å²) in [5, 5.41) is 28.6. The summed E-state index contributed by atoms with van der Waals surface area (Å²) in [5.41, 5.74) is -0.690. The number of aromatic nitrogens is 2. The third-order valence-corrected chi connectivity index (χ3v) is 8.48. The van der Waals surface area contributed by atoms with Crippen LogP contribution in [0.1, 0.15) is 18.9 Å². The van der Waals surface area contributed by atoms with Gasteiger partial charge in [0.15, 0.2) is 6.04 Å². The van der Waals surface area contributed by atoms with E-state index in [1.807, 2.05) is 0 Å². The van der Waals surface area contributed by atoms with Crippen LogP contribution in [0.15, 0.2) is 77.5 Å². The van der Waals surface area contributed by atoms with Gasteiger partial charge in [0.05, 0.1) is 33.2 Å². The maximum Gasteiger partial charge on any atom is 1.00 e. The molecule has 22 heteroatoms. The topological polar surface area (TPSA) is 239 Å². The van der Waals surface area contributed by atoms with E-state index >= 15 is 0 Å². The van der Waals surface area contributed by atoms with E-state index in [2.05, 4.69) is 25.4 Å². The number of hydrogen-bond donors (Lipinski definition) is 1. The molecule has 1 unspecified atom stereocenters. The predicted molar refractivity (Wildman–Crippen MR) is 155 cm³/mol. The average molecular weight is 730 g/mol. The molecule has 0 aliphatic carbocycles. The first-order chi connectivity index (χ1) is 20.5. The van der Waals surface area contributed by atoms with Crippen molar-refractivity contribution >= 4 is 78.0 Å². The van der Waals surface area contributed by atoms with Crippen LogP contribution in [-0.4, -0.2) is 59.3 Å². The van der Waals surface area contributed by atoms with Gasteiger partial charge in [-0.1, -0.05) is 23.2 Å². The number of azo groups is 1. The van der Waals surface area contributed by atoms with Crippen LogP contribution >= 0.6 is 23.2 Å². The van der Waals surface area contributed by atoms with Gasteiger partial charge < -0.3 is 9.66 Å². The number of amides is 1. The fraction of sp³-hybridized carbons (Fsp3) is 0.208. The molecule has 0 saturated heterocycles. The van der Waals surface area contributed by atoms with Crippen molar-refractivity contribution in [2.45, 2.75) is 42.6 Å². The number of hydrazone groups is 1. The smallest absolute Gasteiger partial charge is 0.862 e. The van der Waals surface area contributed by atoms with Gasteiger partial charge in [-0.05, 0) is 68.1 Å². The normalized spacial score (nSPS) is 15.5. The first-order valence-corrected chi connectivity index (χ1v) is 15.7. The van der Waals surface area contributed by atoms with Crippen LogP contribution in [0.4, 0.5) is 17.1 Å². The second-order valence-corrected chi connectivity index (χ2v) is 12.7. The number of rotatable bonds is 9. The van der Waals surface area contributed by atoms with Crippen LogP contribution < -0.4 is 74.8 Å². The molecule has 1 aliphatic rings. The Morgan fingerprint density at radius 1 is 1.07 bits per heavy atom. The Bertz CT molecular complexity index is 2060. The summed E-state index contributed by atoms with van der Waals surface area (Å²) in [4.78, 5) is 27.6. The molecule has 1 N–H and O–H groups in total. The molecule has 0 saturated carbocycles. The van der Waals surface area contributed by atoms with Crippen molar-refractivity contribution in [1.82, 2.24) is 9.78 Å². The fourth-order valence-corrected chi connectivity index (χ4v) is 5.34. The van der Waals surface area contributed by atoms with E-state index < -0.39 is 53.4 Å². The Morgan fingerprint density at radius 2 is 1.74 bits per heavy atom. The minimum absolute atomic E-state index is 0. The van der Waals surface area contributed by atoms with Gasteiger partial charge in [-0.25, -0.2) is 13.1 Å². The van der Waals surface area contributed by atoms with Gasteiger partial charge >= 0.3 is 59.1 Å². The number of benzene rings is 2. The van der Waals surface area contributed by atoms with Gasteiger partial charge in [-0.15, -0.1) is 0 Å². The molecule has 1 aliphatic heterocycles. The summed E-state index contributed by atoms with van der Waals surface area (Å²) in [6, 6.07) is 5.21. The standard InChI is InChI=1S/C24H21Cl2N7O9S2.2Na/c1-12-9-15(43(37,38)39)4-6-18(12)33-24(36)22(13(2)31-33)30-29-17-5-3-14(10-19(17)44(40,41)42)28-20(34)7-8-32-23(35)21(26)16(25)11-27-32;;/h3-6,9-11,22H,7-8H2,1-2H3,(H,28,34)(H,37,38,39)(H,40,41,42);;/q;2*+1/p-2. The first-order valence-electron chi connectivity index (χ1n) is 12.1. The molecule has 0 radical (unpaired) electrons. The van der Waals surface area contributed by atoms with Crippen molar-refractivity contribution in [3.63, 3.8) is 0 Å². The van der Waals surface area contributed by atoms with Crippen molar-refractivity contribution < 1.29 is 95.0 Å². The van der Waals surface area contributed by atoms with Crippen molar-refractivity contribution in [3.05, 3.63) is 68.6 Å². The second-order valence-electron chi connectivity index (χ2n) is 9.13. The summed E-state index contributed by atoms with van der Waals surface area (Å²) in [7, 11) is -9.64. The first kappa shape index (κ1) is 40.1. The van der Waals surface area contributed by atoms with E-state index in [1.54, 1.807) is 0 Å². The summed E-state index contributed by atoms with van der Waals surface area (Å²) in [5.74, 6) is -1.48. The number of aliphatic imine (C=N–C) groups is 1. The molecule has 0 bridgehead atoms. The molecule has 0 fully saturated rings. The van der Waals surface area contributed by atoms with Crippen LogP contribution in [0.2, 0.25) is 10.0 Å². The van der Waals surface area contributed by atoms with E-state index in [-0.39, 0.29) is 110 Å². The summed E-state index contributed by atoms with van der Waals surface area (Å²) in [6.45, 7) is 2.72. The van der Waals surface area contributed by atoms with Crippen LogP contribution in [0.25, 0.3) is 0 Å². The monoisotopic (exact) mass is 729 g/mol. The van der Waals surface area contributed by atoms with Crippen LogP contribution in [-0.2, 0) is 31.6 Å². The minimum Gasteiger partial charge on any atom is -0.862 e. The van der Waals surface area contributed by atoms with Crippen LogP contribution in [0, 0.1) is 6.92 Å². The maximum atomic E-state index is 13.1. The third kappa shape index (κ3) is 9.30. The Labute approximate surface area is 316 Å². The van der Waals surface area contributed by atoms with E-state index in [0.29, 0.717) is 0 Å². The zero-order chi connectivity index (χ0) is 32.6. The molecule has 2 aromatic carbocycles. The number of nitrogens with zero attached hydrogens (tertiary/aromatic N) is 7. The van der Waals surface area contributed by atoms with Gasteiger partial charge in [0, 0.05) is 6.54 Å². The van der Waals surface area contributed by atoms with Gasteiger partial charge in [0.2, 0.25) is 0 Å². The molecular weight excluding hydrogens is 711 g/mol. The van der Waals surface area contributed by atoms with E-state index in [4.69, 9.17) is 23.2 Å². The quantitative estimate of drug-likeness (QED) is 0.0745. The van der Waals surface area contributed by atoms with Crippen LogP contribution in [0.3, 0.4) is 0 Å². The van der Waals surface area contributed by atoms with Gasteiger partial charge in [0.25, 0.3) is 21.6 Å². The largest absolute Gasteiger partial charge is 1.00 e. The number of carbonyl (C=O) groups is 1. The second kappa shape index (κ2) is 15.9. The molecule has 46 heavy (non-hydrogen) atoms. The van der Waals surface area contributed by atoms with Crippen LogP contribution in [0.5, 0.6) is 0 Å². The summed E-state index contributed by atoms with van der Waals surface area (Å²) in [6.07, 6.45) is 0.812. The summed E-state index contributed by atoms with van der Waals surface area (Å²) >= 11 is 11.5. The van der Waals surface area contributed by atoms with E-state index in [9.17, 15) is 40.6 Å². The minimum atomic E-state index is -4.92.